The van der Waals surface area contributed by atoms with Crippen molar-refractivity contribution < 1.29 is 9.53 Å². The molecule has 0 saturated heterocycles. The van der Waals surface area contributed by atoms with Crippen molar-refractivity contribution in [2.75, 3.05) is 0 Å². The largest absolute Gasteiger partial charge is 0.424 e. The Morgan fingerprint density at radius 2 is 1.66 bits per heavy atom. The summed E-state index contributed by atoms with van der Waals surface area (Å²) >= 11 is 0. The summed E-state index contributed by atoms with van der Waals surface area (Å²) in [4.78, 5) is 25.7. The van der Waals surface area contributed by atoms with Crippen molar-refractivity contribution in [3.63, 3.8) is 0 Å². The lowest BCUT2D eigenvalue weighted by Gasteiger charge is -2.16. The topological polar surface area (TPSA) is 77.0 Å². The molecule has 0 saturated carbocycles. The van der Waals surface area contributed by atoms with E-state index in [9.17, 15) is 4.79 Å². The number of amides is 1. The number of hydrogen-bond acceptors (Lipinski definition) is 5. The third-order valence-electron chi connectivity index (χ3n) is 5.09. The summed E-state index contributed by atoms with van der Waals surface area (Å²) in [5.74, 6) is 0.287. The van der Waals surface area contributed by atoms with Gasteiger partial charge in [0.05, 0.1) is 6.04 Å². The van der Waals surface area contributed by atoms with Crippen LogP contribution in [0.4, 0.5) is 0 Å². The maximum Gasteiger partial charge on any atom is 0.321 e. The predicted molar refractivity (Wildman–Crippen MR) is 124 cm³/mol. The summed E-state index contributed by atoms with van der Waals surface area (Å²) in [5.41, 5.74) is 5.38. The van der Waals surface area contributed by atoms with E-state index in [0.717, 1.165) is 27.9 Å². The zero-order valence-electron chi connectivity index (χ0n) is 18.2. The fourth-order valence-corrected chi connectivity index (χ4v) is 3.24. The molecule has 0 spiro atoms. The molecule has 1 amide bonds. The summed E-state index contributed by atoms with van der Waals surface area (Å²) in [6.45, 7) is 5.90. The zero-order chi connectivity index (χ0) is 22.5. The lowest BCUT2D eigenvalue weighted by atomic mass is 10.0. The highest BCUT2D eigenvalue weighted by Gasteiger charge is 2.15. The van der Waals surface area contributed by atoms with Gasteiger partial charge in [-0.05, 0) is 67.8 Å². The highest BCUT2D eigenvalue weighted by molar-refractivity contribution is 5.96. The molecule has 0 aliphatic rings. The zero-order valence-corrected chi connectivity index (χ0v) is 18.2. The van der Waals surface area contributed by atoms with E-state index in [4.69, 9.17) is 4.74 Å². The van der Waals surface area contributed by atoms with E-state index in [0.29, 0.717) is 11.3 Å². The normalized spacial score (nSPS) is 11.6. The summed E-state index contributed by atoms with van der Waals surface area (Å²) < 4.78 is 5.85. The van der Waals surface area contributed by atoms with Crippen molar-refractivity contribution in [2.24, 2.45) is 0 Å². The van der Waals surface area contributed by atoms with E-state index in [1.54, 1.807) is 30.7 Å². The molecule has 2 aromatic heterocycles. The molecule has 0 bridgehead atoms. The summed E-state index contributed by atoms with van der Waals surface area (Å²) in [6.07, 6.45) is 5.00. The number of nitrogens with zero attached hydrogens (tertiary/aromatic N) is 3. The van der Waals surface area contributed by atoms with Crippen molar-refractivity contribution in [1.29, 1.82) is 0 Å². The first kappa shape index (κ1) is 21.2. The Balaban J connectivity index is 1.65. The van der Waals surface area contributed by atoms with Gasteiger partial charge in [-0.15, -0.1) is 0 Å². The molecule has 160 valence electrons. The van der Waals surface area contributed by atoms with Crippen LogP contribution in [-0.2, 0) is 0 Å². The van der Waals surface area contributed by atoms with E-state index in [2.05, 4.69) is 20.3 Å². The van der Waals surface area contributed by atoms with Crippen molar-refractivity contribution in [1.82, 2.24) is 20.3 Å². The molecule has 0 radical (unpaired) electrons. The smallest absolute Gasteiger partial charge is 0.321 e. The fraction of sp³-hybridized carbons (Fsp3) is 0.154. The molecular weight excluding hydrogens is 400 g/mol. The number of benzene rings is 2. The molecule has 0 fully saturated rings. The Bertz CT molecular complexity index is 1210. The number of ether oxygens (including phenoxy) is 1. The van der Waals surface area contributed by atoms with Gasteiger partial charge in [0.15, 0.2) is 0 Å². The molecule has 6 heteroatoms. The lowest BCUT2D eigenvalue weighted by Crippen LogP contribution is -2.26. The van der Waals surface area contributed by atoms with Crippen molar-refractivity contribution in [3.05, 3.63) is 102 Å². The molecule has 1 atom stereocenters. The number of carbonyl (C=O) groups excluding carboxylic acids is 1. The van der Waals surface area contributed by atoms with Gasteiger partial charge < -0.3 is 10.1 Å². The van der Waals surface area contributed by atoms with Crippen LogP contribution in [0.2, 0.25) is 0 Å². The molecule has 4 rings (SSSR count). The van der Waals surface area contributed by atoms with E-state index >= 15 is 0 Å². The summed E-state index contributed by atoms with van der Waals surface area (Å²) in [5, 5.41) is 3.05. The van der Waals surface area contributed by atoms with Gasteiger partial charge in [0.2, 0.25) is 0 Å². The molecule has 0 aliphatic carbocycles. The van der Waals surface area contributed by atoms with Gasteiger partial charge in [-0.2, -0.15) is 0 Å². The van der Waals surface area contributed by atoms with Crippen LogP contribution in [0.5, 0.6) is 11.8 Å². The first-order valence-corrected chi connectivity index (χ1v) is 10.4. The first-order valence-electron chi connectivity index (χ1n) is 10.4. The summed E-state index contributed by atoms with van der Waals surface area (Å²) in [7, 11) is 0. The summed E-state index contributed by atoms with van der Waals surface area (Å²) in [6, 6.07) is 19.2. The first-order chi connectivity index (χ1) is 15.5. The van der Waals surface area contributed by atoms with Crippen LogP contribution in [0.1, 0.15) is 40.1 Å². The van der Waals surface area contributed by atoms with Crippen molar-refractivity contribution in [3.8, 4) is 22.9 Å². The van der Waals surface area contributed by atoms with Gasteiger partial charge in [0.1, 0.15) is 5.75 Å². The molecule has 1 N–H and O–H groups in total. The Labute approximate surface area is 187 Å². The Hall–Kier alpha value is -4.06. The van der Waals surface area contributed by atoms with Crippen LogP contribution in [0.15, 0.2) is 79.3 Å². The average Bonchev–Trinajstić information content (AvgIpc) is 2.80. The molecule has 0 aliphatic heterocycles. The quantitative estimate of drug-likeness (QED) is 0.446. The highest BCUT2D eigenvalue weighted by atomic mass is 16.5. The minimum absolute atomic E-state index is 0.194. The molecule has 6 nitrogen and oxygen atoms in total. The van der Waals surface area contributed by atoms with Crippen LogP contribution in [0.25, 0.3) is 11.1 Å². The van der Waals surface area contributed by atoms with Crippen LogP contribution in [0, 0.1) is 13.8 Å². The van der Waals surface area contributed by atoms with Gasteiger partial charge >= 0.3 is 6.01 Å². The highest BCUT2D eigenvalue weighted by Crippen LogP contribution is 2.29. The second-order valence-corrected chi connectivity index (χ2v) is 7.67. The van der Waals surface area contributed by atoms with Gasteiger partial charge in [-0.3, -0.25) is 9.78 Å². The fourth-order valence-electron chi connectivity index (χ4n) is 3.24. The molecule has 2 aromatic carbocycles. The number of aromatic nitrogens is 3. The van der Waals surface area contributed by atoms with Crippen LogP contribution >= 0.6 is 0 Å². The monoisotopic (exact) mass is 424 g/mol. The second-order valence-electron chi connectivity index (χ2n) is 7.67. The molecular formula is C26H24N4O2. The number of carbonyl (C=O) groups is 1. The van der Waals surface area contributed by atoms with Crippen molar-refractivity contribution >= 4 is 5.91 Å². The molecule has 4 aromatic rings. The maximum atomic E-state index is 13.1. The minimum atomic E-state index is -0.203. The number of pyridine rings is 1. The van der Waals surface area contributed by atoms with E-state index in [1.807, 2.05) is 69.3 Å². The van der Waals surface area contributed by atoms with Crippen molar-refractivity contribution in [2.45, 2.75) is 26.8 Å². The van der Waals surface area contributed by atoms with Gasteiger partial charge in [0.25, 0.3) is 5.91 Å². The van der Waals surface area contributed by atoms with Gasteiger partial charge in [-0.25, -0.2) is 9.97 Å². The predicted octanol–water partition coefficient (Wildman–Crippen LogP) is 5.44. The van der Waals surface area contributed by atoms with Crippen LogP contribution in [-0.4, -0.2) is 20.9 Å². The van der Waals surface area contributed by atoms with E-state index in [-0.39, 0.29) is 18.0 Å². The third-order valence-corrected chi connectivity index (χ3v) is 5.09. The maximum absolute atomic E-state index is 13.1. The minimum Gasteiger partial charge on any atom is -0.424 e. The number of nitrogens with one attached hydrogen (secondary N) is 1. The number of rotatable bonds is 6. The molecule has 32 heavy (non-hydrogen) atoms. The second kappa shape index (κ2) is 9.39. The Morgan fingerprint density at radius 3 is 2.34 bits per heavy atom. The van der Waals surface area contributed by atoms with Gasteiger partial charge in [-0.1, -0.05) is 35.9 Å². The number of aryl methyl sites for hydroxylation is 2. The molecule has 1 unspecified atom stereocenters. The molecule has 2 heterocycles. The van der Waals surface area contributed by atoms with E-state index < -0.39 is 0 Å². The van der Waals surface area contributed by atoms with Crippen LogP contribution < -0.4 is 10.1 Å². The average molecular weight is 425 g/mol. The third kappa shape index (κ3) is 5.16. The SMILES string of the molecule is Cc1ccc(-c2cc(Oc3ncccn3)cc(C(=O)NC(C)c3ccc(C)nc3)c2)cc1. The van der Waals surface area contributed by atoms with E-state index in [1.165, 1.54) is 0 Å². The van der Waals surface area contributed by atoms with Crippen LogP contribution in [0.3, 0.4) is 0 Å². The Kier molecular flexibility index (Phi) is 6.22. The number of hydrogen-bond donors (Lipinski definition) is 1. The Morgan fingerprint density at radius 1 is 0.906 bits per heavy atom. The van der Waals surface area contributed by atoms with Gasteiger partial charge in [0, 0.05) is 29.8 Å². The standard InChI is InChI=1S/C26H24N4O2/c1-17-5-8-20(9-6-17)22-13-23(15-24(14-22)32-26-27-11-4-12-28-26)25(31)30-19(3)21-10-7-18(2)29-16-21/h4-16,19H,1-3H3,(H,30,31). The lowest BCUT2D eigenvalue weighted by molar-refractivity contribution is 0.0939.